The van der Waals surface area contributed by atoms with Crippen LogP contribution in [-0.4, -0.2) is 47.2 Å². The lowest BCUT2D eigenvalue weighted by Gasteiger charge is -2.31. The van der Waals surface area contributed by atoms with Crippen LogP contribution in [0, 0.1) is 0 Å². The highest BCUT2D eigenvalue weighted by Gasteiger charge is 2.36. The lowest BCUT2D eigenvalue weighted by atomic mass is 9.90. The zero-order valence-electron chi connectivity index (χ0n) is 12.1. The number of hydrogen-bond donors (Lipinski definition) is 2. The SMILES string of the molecule is NC1(C(=O)Nc2cnn(CC3CCCO3)c2)CCOCC1. The minimum Gasteiger partial charge on any atom is -0.381 e. The van der Waals surface area contributed by atoms with Gasteiger partial charge in [0.2, 0.25) is 5.91 Å². The molecular weight excluding hydrogens is 272 g/mol. The molecule has 21 heavy (non-hydrogen) atoms. The molecule has 7 heteroatoms. The lowest BCUT2D eigenvalue weighted by molar-refractivity contribution is -0.124. The number of nitrogens with two attached hydrogens (primary N) is 1. The van der Waals surface area contributed by atoms with Crippen molar-refractivity contribution in [1.29, 1.82) is 0 Å². The van der Waals surface area contributed by atoms with Gasteiger partial charge in [-0.05, 0) is 25.7 Å². The fourth-order valence-corrected chi connectivity index (χ4v) is 2.74. The maximum absolute atomic E-state index is 12.3. The number of hydrogen-bond acceptors (Lipinski definition) is 5. The van der Waals surface area contributed by atoms with Crippen LogP contribution in [-0.2, 0) is 20.8 Å². The van der Waals surface area contributed by atoms with Crippen LogP contribution in [0.2, 0.25) is 0 Å². The van der Waals surface area contributed by atoms with E-state index in [0.29, 0.717) is 31.7 Å². The van der Waals surface area contributed by atoms with Crippen molar-refractivity contribution < 1.29 is 14.3 Å². The van der Waals surface area contributed by atoms with E-state index in [9.17, 15) is 4.79 Å². The van der Waals surface area contributed by atoms with Gasteiger partial charge in [-0.3, -0.25) is 9.48 Å². The molecule has 0 radical (unpaired) electrons. The van der Waals surface area contributed by atoms with E-state index in [0.717, 1.165) is 26.0 Å². The summed E-state index contributed by atoms with van der Waals surface area (Å²) >= 11 is 0. The maximum Gasteiger partial charge on any atom is 0.244 e. The van der Waals surface area contributed by atoms with E-state index in [2.05, 4.69) is 10.4 Å². The van der Waals surface area contributed by atoms with Crippen molar-refractivity contribution >= 4 is 11.6 Å². The highest BCUT2D eigenvalue weighted by Crippen LogP contribution is 2.20. The van der Waals surface area contributed by atoms with Gasteiger partial charge in [0.25, 0.3) is 0 Å². The van der Waals surface area contributed by atoms with Gasteiger partial charge in [-0.15, -0.1) is 0 Å². The Hall–Kier alpha value is -1.44. The topological polar surface area (TPSA) is 91.4 Å². The highest BCUT2D eigenvalue weighted by molar-refractivity contribution is 5.97. The molecule has 3 heterocycles. The first-order valence-corrected chi connectivity index (χ1v) is 7.48. The predicted octanol–water partition coefficient (Wildman–Crippen LogP) is 0.508. The minimum absolute atomic E-state index is 0.164. The van der Waals surface area contributed by atoms with Crippen molar-refractivity contribution in [1.82, 2.24) is 9.78 Å². The highest BCUT2D eigenvalue weighted by atomic mass is 16.5. The molecular formula is C14H22N4O3. The van der Waals surface area contributed by atoms with Crippen molar-refractivity contribution in [3.8, 4) is 0 Å². The lowest BCUT2D eigenvalue weighted by Crippen LogP contribution is -2.54. The van der Waals surface area contributed by atoms with Gasteiger partial charge < -0.3 is 20.5 Å². The van der Waals surface area contributed by atoms with Crippen LogP contribution in [0.5, 0.6) is 0 Å². The number of anilines is 1. The molecule has 3 N–H and O–H groups in total. The number of nitrogens with one attached hydrogen (secondary N) is 1. The van der Waals surface area contributed by atoms with Crippen molar-refractivity contribution in [2.45, 2.75) is 43.9 Å². The van der Waals surface area contributed by atoms with E-state index in [1.807, 2.05) is 6.20 Å². The Kier molecular flexibility index (Phi) is 4.23. The summed E-state index contributed by atoms with van der Waals surface area (Å²) in [4.78, 5) is 12.3. The number of carbonyl (C=O) groups is 1. The van der Waals surface area contributed by atoms with Crippen molar-refractivity contribution in [3.05, 3.63) is 12.4 Å². The van der Waals surface area contributed by atoms with Crippen LogP contribution in [0.25, 0.3) is 0 Å². The first-order valence-electron chi connectivity index (χ1n) is 7.48. The summed E-state index contributed by atoms with van der Waals surface area (Å²) in [7, 11) is 0. The van der Waals surface area contributed by atoms with Crippen LogP contribution >= 0.6 is 0 Å². The van der Waals surface area contributed by atoms with E-state index in [1.54, 1.807) is 10.9 Å². The number of carbonyl (C=O) groups excluding carboxylic acids is 1. The summed E-state index contributed by atoms with van der Waals surface area (Å²) in [5.41, 5.74) is 5.99. The second-order valence-corrected chi connectivity index (χ2v) is 5.81. The Morgan fingerprint density at radius 2 is 2.29 bits per heavy atom. The average Bonchev–Trinajstić information content (AvgIpc) is 3.12. The molecule has 0 aliphatic carbocycles. The molecule has 1 aromatic rings. The minimum atomic E-state index is -0.838. The van der Waals surface area contributed by atoms with Gasteiger partial charge in [-0.25, -0.2) is 0 Å². The van der Waals surface area contributed by atoms with E-state index >= 15 is 0 Å². The third kappa shape index (κ3) is 3.42. The summed E-state index contributed by atoms with van der Waals surface area (Å²) in [5, 5.41) is 7.11. The van der Waals surface area contributed by atoms with Gasteiger partial charge in [0.15, 0.2) is 0 Å². The number of amides is 1. The van der Waals surface area contributed by atoms with Gasteiger partial charge in [0, 0.05) is 26.0 Å². The van der Waals surface area contributed by atoms with Gasteiger partial charge in [0.1, 0.15) is 5.54 Å². The van der Waals surface area contributed by atoms with E-state index in [-0.39, 0.29) is 12.0 Å². The molecule has 7 nitrogen and oxygen atoms in total. The first kappa shape index (κ1) is 14.5. The molecule has 2 aliphatic rings. The Morgan fingerprint density at radius 1 is 1.48 bits per heavy atom. The molecule has 0 aromatic carbocycles. The van der Waals surface area contributed by atoms with Crippen LogP contribution in [0.1, 0.15) is 25.7 Å². The molecule has 2 aliphatic heterocycles. The number of nitrogens with zero attached hydrogens (tertiary/aromatic N) is 2. The van der Waals surface area contributed by atoms with Gasteiger partial charge >= 0.3 is 0 Å². The van der Waals surface area contributed by atoms with E-state index in [1.165, 1.54) is 0 Å². The first-order chi connectivity index (χ1) is 10.2. The molecule has 1 atom stereocenters. The molecule has 3 rings (SSSR count). The summed E-state index contributed by atoms with van der Waals surface area (Å²) in [6.07, 6.45) is 6.95. The zero-order valence-corrected chi connectivity index (χ0v) is 12.1. The van der Waals surface area contributed by atoms with Crippen LogP contribution in [0.3, 0.4) is 0 Å². The van der Waals surface area contributed by atoms with E-state index < -0.39 is 5.54 Å². The summed E-state index contributed by atoms with van der Waals surface area (Å²) in [6, 6.07) is 0. The van der Waals surface area contributed by atoms with Crippen LogP contribution in [0.15, 0.2) is 12.4 Å². The Morgan fingerprint density at radius 3 is 3.00 bits per heavy atom. The molecule has 0 saturated carbocycles. The van der Waals surface area contributed by atoms with Crippen molar-refractivity contribution in [2.24, 2.45) is 5.73 Å². The van der Waals surface area contributed by atoms with Crippen molar-refractivity contribution in [2.75, 3.05) is 25.1 Å². The van der Waals surface area contributed by atoms with E-state index in [4.69, 9.17) is 15.2 Å². The monoisotopic (exact) mass is 294 g/mol. The quantitative estimate of drug-likeness (QED) is 0.844. The summed E-state index contributed by atoms with van der Waals surface area (Å²) in [6.45, 7) is 2.61. The molecule has 1 unspecified atom stereocenters. The third-order valence-electron chi connectivity index (χ3n) is 4.14. The fraction of sp³-hybridized carbons (Fsp3) is 0.714. The molecule has 116 valence electrons. The Bertz CT molecular complexity index is 490. The van der Waals surface area contributed by atoms with Crippen LogP contribution in [0.4, 0.5) is 5.69 Å². The summed E-state index contributed by atoms with van der Waals surface area (Å²) in [5.74, 6) is -0.164. The number of rotatable bonds is 4. The molecule has 1 aromatic heterocycles. The maximum atomic E-state index is 12.3. The smallest absolute Gasteiger partial charge is 0.244 e. The number of aromatic nitrogens is 2. The summed E-state index contributed by atoms with van der Waals surface area (Å²) < 4.78 is 12.6. The standard InChI is InChI=1S/C14H22N4O3/c15-14(3-6-20-7-4-14)13(19)17-11-8-16-18(9-11)10-12-2-1-5-21-12/h8-9,12H,1-7,10,15H2,(H,17,19). The largest absolute Gasteiger partial charge is 0.381 e. The molecule has 2 fully saturated rings. The van der Waals surface area contributed by atoms with Gasteiger partial charge in [-0.2, -0.15) is 5.10 Å². The Labute approximate surface area is 123 Å². The molecule has 2 saturated heterocycles. The van der Waals surface area contributed by atoms with Crippen molar-refractivity contribution in [3.63, 3.8) is 0 Å². The molecule has 1 amide bonds. The molecule has 0 bridgehead atoms. The second-order valence-electron chi connectivity index (χ2n) is 5.81. The average molecular weight is 294 g/mol. The van der Waals surface area contributed by atoms with Gasteiger partial charge in [0.05, 0.1) is 24.5 Å². The molecule has 0 spiro atoms. The second kappa shape index (κ2) is 6.13. The van der Waals surface area contributed by atoms with Crippen LogP contribution < -0.4 is 11.1 Å². The zero-order chi connectivity index (χ0) is 14.7. The normalized spacial score (nSPS) is 24.9. The predicted molar refractivity (Wildman–Crippen MR) is 76.8 cm³/mol. The fourth-order valence-electron chi connectivity index (χ4n) is 2.74. The number of ether oxygens (including phenoxy) is 2. The third-order valence-corrected chi connectivity index (χ3v) is 4.14. The Balaban J connectivity index is 1.57. The van der Waals surface area contributed by atoms with Gasteiger partial charge in [-0.1, -0.05) is 0 Å².